The molecule has 0 aromatic carbocycles. The van der Waals surface area contributed by atoms with Gasteiger partial charge >= 0.3 is 11.9 Å². The van der Waals surface area contributed by atoms with Gasteiger partial charge in [-0.2, -0.15) is 0 Å². The number of aliphatic hydroxyl groups excluding tert-OH is 1. The van der Waals surface area contributed by atoms with Crippen LogP contribution in [0, 0.1) is 5.92 Å². The molecular formula is C8H11NO6. The third-order valence-corrected chi connectivity index (χ3v) is 2.39. The van der Waals surface area contributed by atoms with Gasteiger partial charge in [0.05, 0.1) is 5.92 Å². The first kappa shape index (κ1) is 11.4. The topological polar surface area (TPSA) is 115 Å². The van der Waals surface area contributed by atoms with E-state index in [0.717, 1.165) is 4.90 Å². The molecule has 0 radical (unpaired) electrons. The van der Waals surface area contributed by atoms with Crippen molar-refractivity contribution in [3.05, 3.63) is 0 Å². The van der Waals surface area contributed by atoms with Gasteiger partial charge in [-0.1, -0.05) is 0 Å². The highest BCUT2D eigenvalue weighted by Gasteiger charge is 2.42. The zero-order valence-corrected chi connectivity index (χ0v) is 7.79. The first-order chi connectivity index (χ1) is 6.97. The number of hydrogen-bond acceptors (Lipinski definition) is 4. The fourth-order valence-corrected chi connectivity index (χ4v) is 1.62. The van der Waals surface area contributed by atoms with E-state index in [9.17, 15) is 14.4 Å². The summed E-state index contributed by atoms with van der Waals surface area (Å²) < 4.78 is 0. The van der Waals surface area contributed by atoms with Crippen LogP contribution < -0.4 is 0 Å². The molecule has 3 N–H and O–H groups in total. The largest absolute Gasteiger partial charge is 0.481 e. The van der Waals surface area contributed by atoms with Crippen LogP contribution in [0.4, 0.5) is 0 Å². The lowest BCUT2D eigenvalue weighted by molar-refractivity contribution is -0.149. The first-order valence-electron chi connectivity index (χ1n) is 4.33. The second-order valence-corrected chi connectivity index (χ2v) is 3.33. The highest BCUT2D eigenvalue weighted by Crippen LogP contribution is 2.23. The molecule has 1 aliphatic rings. The molecule has 1 rings (SSSR count). The van der Waals surface area contributed by atoms with Crippen LogP contribution in [-0.4, -0.2) is 57.3 Å². The number of aliphatic carboxylic acids is 2. The number of nitrogens with zero attached hydrogens (tertiary/aromatic N) is 1. The fourth-order valence-electron chi connectivity index (χ4n) is 1.62. The Morgan fingerprint density at radius 1 is 1.20 bits per heavy atom. The number of carboxylic acid groups (broad SMARTS) is 2. The Bertz CT molecular complexity index is 302. The quantitative estimate of drug-likeness (QED) is 0.522. The number of carbonyl (C=O) groups excluding carboxylic acids is 1. The Morgan fingerprint density at radius 2 is 1.80 bits per heavy atom. The van der Waals surface area contributed by atoms with Crippen molar-refractivity contribution in [3.63, 3.8) is 0 Å². The van der Waals surface area contributed by atoms with Gasteiger partial charge < -0.3 is 20.2 Å². The first-order valence-corrected chi connectivity index (χ1v) is 4.33. The molecule has 1 heterocycles. The van der Waals surface area contributed by atoms with Crippen LogP contribution in [0.3, 0.4) is 0 Å². The summed E-state index contributed by atoms with van der Waals surface area (Å²) in [6.07, 6.45) is -0.115. The van der Waals surface area contributed by atoms with Crippen molar-refractivity contribution in [2.75, 3.05) is 13.2 Å². The highest BCUT2D eigenvalue weighted by molar-refractivity contribution is 5.86. The molecule has 0 aromatic rings. The second-order valence-electron chi connectivity index (χ2n) is 3.33. The molecule has 1 fully saturated rings. The van der Waals surface area contributed by atoms with E-state index in [2.05, 4.69) is 0 Å². The van der Waals surface area contributed by atoms with Crippen LogP contribution in [0.1, 0.15) is 6.42 Å². The molecule has 1 saturated heterocycles. The summed E-state index contributed by atoms with van der Waals surface area (Å²) >= 11 is 0. The maximum Gasteiger partial charge on any atom is 0.326 e. The highest BCUT2D eigenvalue weighted by atomic mass is 16.4. The summed E-state index contributed by atoms with van der Waals surface area (Å²) in [5, 5.41) is 26.0. The monoisotopic (exact) mass is 217 g/mol. The SMILES string of the molecule is O=C(O)[C@H]1C[C@@H](C(=O)O)N(C(=O)CO)C1. The number of carbonyl (C=O) groups is 3. The number of aliphatic hydroxyl groups is 1. The maximum atomic E-state index is 11.1. The number of rotatable bonds is 3. The summed E-state index contributed by atoms with van der Waals surface area (Å²) in [6.45, 7) is -0.970. The molecule has 0 bridgehead atoms. The molecule has 1 amide bonds. The lowest BCUT2D eigenvalue weighted by Gasteiger charge is -2.19. The Morgan fingerprint density at radius 3 is 2.20 bits per heavy atom. The van der Waals surface area contributed by atoms with E-state index in [0.29, 0.717) is 0 Å². The zero-order valence-electron chi connectivity index (χ0n) is 7.79. The summed E-state index contributed by atoms with van der Waals surface area (Å²) in [7, 11) is 0. The van der Waals surface area contributed by atoms with Gasteiger partial charge in [0.15, 0.2) is 0 Å². The third kappa shape index (κ3) is 2.24. The van der Waals surface area contributed by atoms with Crippen LogP contribution in [-0.2, 0) is 14.4 Å². The van der Waals surface area contributed by atoms with Gasteiger partial charge in [0.1, 0.15) is 12.6 Å². The normalized spacial score (nSPS) is 25.3. The van der Waals surface area contributed by atoms with Gasteiger partial charge in [-0.05, 0) is 6.42 Å². The van der Waals surface area contributed by atoms with Gasteiger partial charge in [0.2, 0.25) is 5.91 Å². The standard InChI is InChI=1S/C8H11NO6/c10-3-6(11)9-2-4(7(12)13)1-5(9)8(14)15/h4-5,10H,1-3H2,(H,12,13)(H,14,15)/t4-,5-/m0/s1. The molecule has 0 saturated carbocycles. The maximum absolute atomic E-state index is 11.1. The van der Waals surface area contributed by atoms with Crippen LogP contribution in [0.2, 0.25) is 0 Å². The van der Waals surface area contributed by atoms with Gasteiger partial charge in [-0.25, -0.2) is 4.79 Å². The van der Waals surface area contributed by atoms with Crippen molar-refractivity contribution in [1.29, 1.82) is 0 Å². The Kier molecular flexibility index (Phi) is 3.25. The van der Waals surface area contributed by atoms with Gasteiger partial charge in [-0.15, -0.1) is 0 Å². The average Bonchev–Trinajstić information content (AvgIpc) is 2.61. The molecule has 7 nitrogen and oxygen atoms in total. The fraction of sp³-hybridized carbons (Fsp3) is 0.625. The van der Waals surface area contributed by atoms with E-state index in [-0.39, 0.29) is 13.0 Å². The van der Waals surface area contributed by atoms with Crippen LogP contribution in [0.5, 0.6) is 0 Å². The van der Waals surface area contributed by atoms with Crippen molar-refractivity contribution in [3.8, 4) is 0 Å². The average molecular weight is 217 g/mol. The van der Waals surface area contributed by atoms with E-state index < -0.39 is 36.4 Å². The summed E-state index contributed by atoms with van der Waals surface area (Å²) in [4.78, 5) is 33.4. The molecule has 7 heteroatoms. The Balaban J connectivity index is 2.81. The number of hydrogen-bond donors (Lipinski definition) is 3. The van der Waals surface area contributed by atoms with Crippen molar-refractivity contribution in [1.82, 2.24) is 4.90 Å². The molecular weight excluding hydrogens is 206 g/mol. The summed E-state index contributed by atoms with van der Waals surface area (Å²) in [5.41, 5.74) is 0. The second kappa shape index (κ2) is 4.26. The molecule has 0 aromatic heterocycles. The van der Waals surface area contributed by atoms with E-state index in [1.54, 1.807) is 0 Å². The van der Waals surface area contributed by atoms with Crippen molar-refractivity contribution < 1.29 is 29.7 Å². The smallest absolute Gasteiger partial charge is 0.326 e. The predicted octanol–water partition coefficient (Wildman–Crippen LogP) is -1.63. The zero-order chi connectivity index (χ0) is 11.6. The van der Waals surface area contributed by atoms with Crippen molar-refractivity contribution >= 4 is 17.8 Å². The van der Waals surface area contributed by atoms with Gasteiger partial charge in [0.25, 0.3) is 0 Å². The number of carboxylic acids is 2. The lowest BCUT2D eigenvalue weighted by atomic mass is 10.1. The molecule has 15 heavy (non-hydrogen) atoms. The van der Waals surface area contributed by atoms with E-state index in [4.69, 9.17) is 15.3 Å². The van der Waals surface area contributed by atoms with Crippen LogP contribution in [0.15, 0.2) is 0 Å². The predicted molar refractivity (Wildman–Crippen MR) is 46.0 cm³/mol. The van der Waals surface area contributed by atoms with E-state index in [1.807, 2.05) is 0 Å². The molecule has 0 spiro atoms. The summed E-state index contributed by atoms with van der Waals surface area (Å²) in [6, 6.07) is -1.15. The van der Waals surface area contributed by atoms with E-state index in [1.165, 1.54) is 0 Å². The molecule has 0 aliphatic carbocycles. The van der Waals surface area contributed by atoms with Gasteiger partial charge in [-0.3, -0.25) is 9.59 Å². The van der Waals surface area contributed by atoms with Crippen molar-refractivity contribution in [2.24, 2.45) is 5.92 Å². The van der Waals surface area contributed by atoms with Crippen LogP contribution in [0.25, 0.3) is 0 Å². The lowest BCUT2D eigenvalue weighted by Crippen LogP contribution is -2.41. The van der Waals surface area contributed by atoms with E-state index >= 15 is 0 Å². The van der Waals surface area contributed by atoms with Gasteiger partial charge in [0, 0.05) is 6.54 Å². The molecule has 0 unspecified atom stereocenters. The minimum atomic E-state index is -1.25. The van der Waals surface area contributed by atoms with Crippen molar-refractivity contribution in [2.45, 2.75) is 12.5 Å². The number of amides is 1. The minimum Gasteiger partial charge on any atom is -0.481 e. The number of likely N-dealkylation sites (tertiary alicyclic amines) is 1. The minimum absolute atomic E-state index is 0.115. The molecule has 2 atom stereocenters. The Labute approximate surface area is 84.9 Å². The molecule has 1 aliphatic heterocycles. The summed E-state index contributed by atoms with van der Waals surface area (Å²) in [5.74, 6) is -4.01. The Hall–Kier alpha value is -1.63. The van der Waals surface area contributed by atoms with Crippen LogP contribution >= 0.6 is 0 Å². The molecule has 84 valence electrons. The third-order valence-electron chi connectivity index (χ3n) is 2.39.